The predicted molar refractivity (Wildman–Crippen MR) is 146 cm³/mol. The van der Waals surface area contributed by atoms with E-state index in [1.807, 2.05) is 0 Å². The van der Waals surface area contributed by atoms with Crippen molar-refractivity contribution in [2.24, 2.45) is 5.92 Å². The first-order chi connectivity index (χ1) is 18.8. The molecule has 0 radical (unpaired) electrons. The summed E-state index contributed by atoms with van der Waals surface area (Å²) in [6, 6.07) is 6.75. The van der Waals surface area contributed by atoms with Gasteiger partial charge in [0.1, 0.15) is 42.0 Å². The van der Waals surface area contributed by atoms with E-state index in [-0.39, 0.29) is 47.1 Å². The number of halogens is 2. The summed E-state index contributed by atoms with van der Waals surface area (Å²) in [6.07, 6.45) is -1.65. The third kappa shape index (κ3) is 6.41. The minimum Gasteiger partial charge on any atom is -0.424 e. The smallest absolute Gasteiger partial charge is 0.380 e. The van der Waals surface area contributed by atoms with Crippen molar-refractivity contribution in [3.8, 4) is 5.75 Å². The second kappa shape index (κ2) is 12.0. The molecular weight excluding hydrogens is 612 g/mol. The first kappa shape index (κ1) is 30.2. The Bertz CT molecular complexity index is 1450. The molecule has 0 amide bonds. The monoisotopic (exact) mass is 641 g/mol. The number of nitrogen functional groups attached to an aromatic ring is 1. The molecule has 1 aromatic carbocycles. The SMILES string of the molecule is CC(=O)CCc1ccccc1OP(=O)(C[C@@H](C)C(C)=O)OC[C@H]1O[C@@H](c2cnc3c(N)ncnn23)C(F)(Br)[C@H]1O. The Morgan fingerprint density at radius 3 is 2.75 bits per heavy atom. The van der Waals surface area contributed by atoms with Crippen LogP contribution in [0.3, 0.4) is 0 Å². The number of para-hydroxylation sites is 1. The van der Waals surface area contributed by atoms with Gasteiger partial charge in [0, 0.05) is 12.3 Å². The van der Waals surface area contributed by atoms with E-state index in [9.17, 15) is 19.3 Å². The summed E-state index contributed by atoms with van der Waals surface area (Å²) in [6.45, 7) is 3.89. The Morgan fingerprint density at radius 1 is 1.32 bits per heavy atom. The summed E-state index contributed by atoms with van der Waals surface area (Å²) >= 11 is 2.93. The highest BCUT2D eigenvalue weighted by Crippen LogP contribution is 2.53. The quantitative estimate of drug-likeness (QED) is 0.219. The molecule has 3 aromatic rings. The third-order valence-corrected chi connectivity index (χ3v) is 9.51. The average Bonchev–Trinajstić information content (AvgIpc) is 3.41. The molecule has 1 aliphatic heterocycles. The molecule has 1 aliphatic rings. The zero-order chi connectivity index (χ0) is 29.2. The van der Waals surface area contributed by atoms with E-state index in [1.54, 1.807) is 31.2 Å². The average molecular weight is 642 g/mol. The first-order valence-electron chi connectivity index (χ1n) is 12.5. The maximum atomic E-state index is 15.8. The summed E-state index contributed by atoms with van der Waals surface area (Å²) in [5.74, 6) is -0.633. The third-order valence-electron chi connectivity index (χ3n) is 6.62. The minimum absolute atomic E-state index is 0.0223. The number of aromatic nitrogens is 4. The summed E-state index contributed by atoms with van der Waals surface area (Å²) in [7, 11) is -4.06. The van der Waals surface area contributed by atoms with Gasteiger partial charge in [0.25, 0.3) is 0 Å². The van der Waals surface area contributed by atoms with E-state index >= 15 is 4.39 Å². The van der Waals surface area contributed by atoms with E-state index in [0.29, 0.717) is 12.0 Å². The van der Waals surface area contributed by atoms with E-state index in [4.69, 9.17) is 19.5 Å². The van der Waals surface area contributed by atoms with E-state index < -0.39 is 43.0 Å². The van der Waals surface area contributed by atoms with Crippen LogP contribution in [0.15, 0.2) is 36.8 Å². The molecule has 0 aliphatic carbocycles. The molecule has 3 heterocycles. The largest absolute Gasteiger partial charge is 0.424 e. The van der Waals surface area contributed by atoms with Gasteiger partial charge in [-0.3, -0.25) is 9.32 Å². The lowest BCUT2D eigenvalue weighted by atomic mass is 10.1. The number of aliphatic hydroxyl groups excluding tert-OH is 1. The molecule has 0 bridgehead atoms. The summed E-state index contributed by atoms with van der Waals surface area (Å²) in [4.78, 5) is 31.5. The maximum Gasteiger partial charge on any atom is 0.380 e. The summed E-state index contributed by atoms with van der Waals surface area (Å²) in [5, 5.41) is 14.8. The maximum absolute atomic E-state index is 15.8. The lowest BCUT2D eigenvalue weighted by Crippen LogP contribution is -2.37. The number of carbonyl (C=O) groups excluding carboxylic acids is 2. The number of Topliss-reactive ketones (excluding diaryl/α,β-unsaturated/α-hetero) is 2. The molecule has 4 rings (SSSR count). The zero-order valence-corrected chi connectivity index (χ0v) is 24.5. The number of nitrogens with two attached hydrogens (primary N) is 1. The number of anilines is 1. The van der Waals surface area contributed by atoms with Crippen molar-refractivity contribution in [3.63, 3.8) is 0 Å². The lowest BCUT2D eigenvalue weighted by Gasteiger charge is -2.25. The Kier molecular flexibility index (Phi) is 9.05. The molecule has 15 heteroatoms. The number of hydrogen-bond acceptors (Lipinski definition) is 11. The normalized spacial score (nSPS) is 25.0. The number of rotatable bonds is 12. The van der Waals surface area contributed by atoms with Crippen LogP contribution in [0.2, 0.25) is 0 Å². The number of alkyl halides is 2. The molecule has 1 fully saturated rings. The van der Waals surface area contributed by atoms with Crippen molar-refractivity contribution in [2.45, 2.75) is 56.5 Å². The van der Waals surface area contributed by atoms with Crippen LogP contribution in [0.1, 0.15) is 44.6 Å². The number of fused-ring (bicyclic) bond motifs is 1. The van der Waals surface area contributed by atoms with Crippen molar-refractivity contribution >= 4 is 46.6 Å². The number of hydrogen-bond donors (Lipinski definition) is 2. The van der Waals surface area contributed by atoms with Crippen molar-refractivity contribution in [1.82, 2.24) is 19.6 Å². The lowest BCUT2D eigenvalue weighted by molar-refractivity contribution is -0.120. The molecule has 1 saturated heterocycles. The number of benzene rings is 1. The Hall–Kier alpha value is -2.77. The van der Waals surface area contributed by atoms with Crippen LogP contribution < -0.4 is 10.3 Å². The van der Waals surface area contributed by atoms with E-state index in [2.05, 4.69) is 31.0 Å². The number of nitrogens with zero attached hydrogens (tertiary/aromatic N) is 4. The molecule has 2 unspecified atom stereocenters. The van der Waals surface area contributed by atoms with Gasteiger partial charge in [0.2, 0.25) is 4.58 Å². The van der Waals surface area contributed by atoms with Gasteiger partial charge < -0.3 is 24.9 Å². The van der Waals surface area contributed by atoms with Crippen molar-refractivity contribution in [2.75, 3.05) is 18.5 Å². The Morgan fingerprint density at radius 2 is 2.05 bits per heavy atom. The number of imidazole rings is 1. The molecule has 0 spiro atoms. The first-order valence-corrected chi connectivity index (χ1v) is 15.0. The van der Waals surface area contributed by atoms with E-state index in [1.165, 1.54) is 30.9 Å². The molecule has 3 N–H and O–H groups in total. The standard InChI is InChI=1S/C25H30BrFN5O7P/c1-14(16(3)34)12-40(36,39-19-7-5-4-6-17(19)9-8-15(2)33)37-11-20-21(35)25(26,27)22(38-20)18-10-29-24-23(28)30-13-31-32(18)24/h4-7,10,13-14,20-22,35H,8-9,11-12H2,1-3H3,(H2,28,30,31)/t14-,20-,21+,22+,25?,40?/m1/s1. The molecule has 216 valence electrons. The van der Waals surface area contributed by atoms with Gasteiger partial charge in [-0.1, -0.05) is 25.1 Å². The summed E-state index contributed by atoms with van der Waals surface area (Å²) in [5.41, 5.74) is 6.78. The Balaban J connectivity index is 1.57. The van der Waals surface area contributed by atoms with E-state index in [0.717, 1.165) is 0 Å². The number of aliphatic hydroxyl groups is 1. The fraction of sp³-hybridized carbons (Fsp3) is 0.480. The zero-order valence-electron chi connectivity index (χ0n) is 22.1. The van der Waals surface area contributed by atoms with Gasteiger partial charge in [-0.25, -0.2) is 23.4 Å². The predicted octanol–water partition coefficient (Wildman–Crippen LogP) is 3.60. The topological polar surface area (TPSA) is 168 Å². The molecular formula is C25H30BrFN5O7P. The van der Waals surface area contributed by atoms with Gasteiger partial charge in [0.15, 0.2) is 11.5 Å². The van der Waals surface area contributed by atoms with Crippen molar-refractivity contribution in [3.05, 3.63) is 48.0 Å². The molecule has 40 heavy (non-hydrogen) atoms. The second-order valence-corrected chi connectivity index (χ2v) is 13.0. The van der Waals surface area contributed by atoms with Crippen LogP contribution in [0, 0.1) is 5.92 Å². The fourth-order valence-electron chi connectivity index (χ4n) is 4.20. The number of aryl methyl sites for hydroxylation is 1. The van der Waals surface area contributed by atoms with Crippen LogP contribution >= 0.6 is 23.5 Å². The van der Waals surface area contributed by atoms with Gasteiger partial charge in [-0.05, 0) is 47.8 Å². The minimum atomic E-state index is -4.06. The van der Waals surface area contributed by atoms with Gasteiger partial charge in [-0.2, -0.15) is 5.10 Å². The summed E-state index contributed by atoms with van der Waals surface area (Å²) < 4.78 is 46.0. The van der Waals surface area contributed by atoms with Crippen LogP contribution in [0.5, 0.6) is 5.75 Å². The Labute approximate surface area is 238 Å². The highest BCUT2D eigenvalue weighted by atomic mass is 79.9. The molecule has 6 atom stereocenters. The van der Waals surface area contributed by atoms with Crippen LogP contribution in [0.25, 0.3) is 5.65 Å². The molecule has 0 saturated carbocycles. The van der Waals surface area contributed by atoms with Crippen LogP contribution in [0.4, 0.5) is 10.2 Å². The molecule has 2 aromatic heterocycles. The van der Waals surface area contributed by atoms with Gasteiger partial charge >= 0.3 is 7.60 Å². The number of ether oxygens (including phenoxy) is 1. The molecule has 12 nitrogen and oxygen atoms in total. The second-order valence-electron chi connectivity index (χ2n) is 9.74. The fourth-order valence-corrected chi connectivity index (χ4v) is 6.85. The number of carbonyl (C=O) groups is 2. The highest BCUT2D eigenvalue weighted by Gasteiger charge is 2.58. The van der Waals surface area contributed by atoms with Crippen LogP contribution in [-0.2, 0) is 29.8 Å². The highest BCUT2D eigenvalue weighted by molar-refractivity contribution is 9.10. The van der Waals surface area contributed by atoms with Crippen molar-refractivity contribution in [1.29, 1.82) is 0 Å². The van der Waals surface area contributed by atoms with Crippen molar-refractivity contribution < 1.29 is 37.4 Å². The van der Waals surface area contributed by atoms with Gasteiger partial charge in [0.05, 0.1) is 24.7 Å². The number of ketones is 2. The van der Waals surface area contributed by atoms with Gasteiger partial charge in [-0.15, -0.1) is 0 Å². The van der Waals surface area contributed by atoms with Crippen LogP contribution in [-0.4, -0.2) is 65.8 Å².